The third-order valence-corrected chi connectivity index (χ3v) is 4.94. The van der Waals surface area contributed by atoms with Crippen molar-refractivity contribution in [3.63, 3.8) is 0 Å². The first kappa shape index (κ1) is 14.8. The molecule has 2 saturated heterocycles. The summed E-state index contributed by atoms with van der Waals surface area (Å²) in [5.74, 6) is 0.625. The monoisotopic (exact) mass is 268 g/mol. The van der Waals surface area contributed by atoms with E-state index in [2.05, 4.69) is 31.4 Å². The van der Waals surface area contributed by atoms with Crippen LogP contribution in [-0.2, 0) is 9.53 Å². The van der Waals surface area contributed by atoms with E-state index in [1.54, 1.807) is 0 Å². The maximum Gasteiger partial charge on any atom is 0.237 e. The molecule has 2 heterocycles. The molecule has 0 aromatic rings. The summed E-state index contributed by atoms with van der Waals surface area (Å²) in [6, 6.07) is 0.274. The van der Waals surface area contributed by atoms with Gasteiger partial charge in [-0.3, -0.25) is 4.79 Å². The maximum atomic E-state index is 12.3. The molecule has 0 spiro atoms. The number of amides is 1. The van der Waals surface area contributed by atoms with Crippen molar-refractivity contribution >= 4 is 5.91 Å². The van der Waals surface area contributed by atoms with Crippen molar-refractivity contribution in [2.75, 3.05) is 13.2 Å². The maximum absolute atomic E-state index is 12.3. The molecule has 0 bridgehead atoms. The minimum absolute atomic E-state index is 0.000461. The van der Waals surface area contributed by atoms with Crippen LogP contribution in [0.5, 0.6) is 0 Å². The number of carbonyl (C=O) groups excluding carboxylic acids is 1. The molecular weight excluding hydrogens is 240 g/mol. The van der Waals surface area contributed by atoms with Gasteiger partial charge in [-0.15, -0.1) is 0 Å². The number of hydrogen-bond acceptors (Lipinski definition) is 3. The standard InChI is InChI=1S/C15H28N2O2/c1-4-15(5-2)10-12(7-9-19-15)17-14(18)13-11(3)6-8-16-13/h11-13,16H,4-10H2,1-3H3,(H,17,18). The molecule has 2 N–H and O–H groups in total. The molecule has 0 aromatic heterocycles. The van der Waals surface area contributed by atoms with Gasteiger partial charge in [-0.25, -0.2) is 0 Å². The van der Waals surface area contributed by atoms with Crippen molar-refractivity contribution in [2.45, 2.75) is 70.6 Å². The second-order valence-electron chi connectivity index (χ2n) is 6.13. The van der Waals surface area contributed by atoms with Crippen molar-refractivity contribution in [1.82, 2.24) is 10.6 Å². The lowest BCUT2D eigenvalue weighted by molar-refractivity contribution is -0.128. The van der Waals surface area contributed by atoms with Crippen LogP contribution in [0.4, 0.5) is 0 Å². The summed E-state index contributed by atoms with van der Waals surface area (Å²) in [4.78, 5) is 12.3. The van der Waals surface area contributed by atoms with E-state index in [4.69, 9.17) is 4.74 Å². The van der Waals surface area contributed by atoms with Crippen molar-refractivity contribution in [3.8, 4) is 0 Å². The van der Waals surface area contributed by atoms with E-state index >= 15 is 0 Å². The molecule has 4 nitrogen and oxygen atoms in total. The molecule has 110 valence electrons. The van der Waals surface area contributed by atoms with Crippen LogP contribution >= 0.6 is 0 Å². The number of ether oxygens (including phenoxy) is 1. The Morgan fingerprint density at radius 1 is 1.37 bits per heavy atom. The van der Waals surface area contributed by atoms with Gasteiger partial charge in [0.2, 0.25) is 5.91 Å². The summed E-state index contributed by atoms with van der Waals surface area (Å²) in [5.41, 5.74) is -0.0229. The molecule has 0 saturated carbocycles. The zero-order valence-electron chi connectivity index (χ0n) is 12.5. The van der Waals surface area contributed by atoms with Crippen LogP contribution in [-0.4, -0.2) is 36.7 Å². The van der Waals surface area contributed by atoms with E-state index in [1.807, 2.05) is 0 Å². The zero-order chi connectivity index (χ0) is 13.9. The van der Waals surface area contributed by atoms with Crippen LogP contribution in [0.3, 0.4) is 0 Å². The molecular formula is C15H28N2O2. The Balaban J connectivity index is 1.90. The summed E-state index contributed by atoms with van der Waals surface area (Å²) in [5, 5.41) is 6.53. The van der Waals surface area contributed by atoms with Gasteiger partial charge in [-0.1, -0.05) is 20.8 Å². The Labute approximate surface area is 116 Å². The lowest BCUT2D eigenvalue weighted by Crippen LogP contribution is -2.52. The van der Waals surface area contributed by atoms with Crippen LogP contribution in [0.15, 0.2) is 0 Å². The molecule has 2 fully saturated rings. The molecule has 0 aromatic carbocycles. The smallest absolute Gasteiger partial charge is 0.237 e. The van der Waals surface area contributed by atoms with Crippen molar-refractivity contribution in [1.29, 1.82) is 0 Å². The van der Waals surface area contributed by atoms with Crippen LogP contribution < -0.4 is 10.6 Å². The van der Waals surface area contributed by atoms with Gasteiger partial charge in [-0.05, 0) is 44.6 Å². The predicted octanol–water partition coefficient (Wildman–Crippen LogP) is 1.84. The molecule has 2 aliphatic rings. The average molecular weight is 268 g/mol. The second-order valence-corrected chi connectivity index (χ2v) is 6.13. The molecule has 2 rings (SSSR count). The highest BCUT2D eigenvalue weighted by atomic mass is 16.5. The Morgan fingerprint density at radius 3 is 2.68 bits per heavy atom. The van der Waals surface area contributed by atoms with E-state index in [9.17, 15) is 4.79 Å². The van der Waals surface area contributed by atoms with Gasteiger partial charge in [0.05, 0.1) is 11.6 Å². The minimum atomic E-state index is -0.0229. The lowest BCUT2D eigenvalue weighted by Gasteiger charge is -2.40. The summed E-state index contributed by atoms with van der Waals surface area (Å²) >= 11 is 0. The summed E-state index contributed by atoms with van der Waals surface area (Å²) in [6.45, 7) is 8.22. The number of hydrogen-bond donors (Lipinski definition) is 2. The first-order chi connectivity index (χ1) is 9.10. The van der Waals surface area contributed by atoms with Crippen LogP contribution in [0, 0.1) is 5.92 Å². The molecule has 3 atom stereocenters. The molecule has 0 aliphatic carbocycles. The first-order valence-corrected chi connectivity index (χ1v) is 7.78. The SMILES string of the molecule is CCC1(CC)CC(NC(=O)C2NCCC2C)CCO1. The highest BCUT2D eigenvalue weighted by molar-refractivity contribution is 5.82. The summed E-state index contributed by atoms with van der Waals surface area (Å²) in [6.07, 6.45) is 5.03. The lowest BCUT2D eigenvalue weighted by atomic mass is 9.85. The van der Waals surface area contributed by atoms with E-state index in [-0.39, 0.29) is 23.6 Å². The third kappa shape index (κ3) is 3.29. The Bertz CT molecular complexity index is 315. The van der Waals surface area contributed by atoms with E-state index in [1.165, 1.54) is 0 Å². The first-order valence-electron chi connectivity index (χ1n) is 7.78. The van der Waals surface area contributed by atoms with Gasteiger partial charge in [0.1, 0.15) is 0 Å². The van der Waals surface area contributed by atoms with Gasteiger partial charge in [0.25, 0.3) is 0 Å². The fourth-order valence-electron chi connectivity index (χ4n) is 3.37. The number of rotatable bonds is 4. The van der Waals surface area contributed by atoms with Gasteiger partial charge in [-0.2, -0.15) is 0 Å². The molecule has 3 unspecified atom stereocenters. The van der Waals surface area contributed by atoms with Gasteiger partial charge < -0.3 is 15.4 Å². The van der Waals surface area contributed by atoms with Crippen molar-refractivity contribution in [3.05, 3.63) is 0 Å². The molecule has 19 heavy (non-hydrogen) atoms. The Morgan fingerprint density at radius 2 is 2.11 bits per heavy atom. The normalized spacial score (nSPS) is 34.2. The van der Waals surface area contributed by atoms with Gasteiger partial charge >= 0.3 is 0 Å². The van der Waals surface area contributed by atoms with E-state index < -0.39 is 0 Å². The van der Waals surface area contributed by atoms with Crippen molar-refractivity contribution in [2.24, 2.45) is 5.92 Å². The summed E-state index contributed by atoms with van der Waals surface area (Å²) < 4.78 is 5.96. The fraction of sp³-hybridized carbons (Fsp3) is 0.933. The quantitative estimate of drug-likeness (QED) is 0.818. The highest BCUT2D eigenvalue weighted by Gasteiger charge is 2.37. The third-order valence-electron chi connectivity index (χ3n) is 4.94. The number of carbonyl (C=O) groups is 1. The summed E-state index contributed by atoms with van der Waals surface area (Å²) in [7, 11) is 0. The van der Waals surface area contributed by atoms with Crippen molar-refractivity contribution < 1.29 is 9.53 Å². The van der Waals surface area contributed by atoms with Gasteiger partial charge in [0, 0.05) is 12.6 Å². The van der Waals surface area contributed by atoms with E-state index in [0.29, 0.717) is 5.92 Å². The van der Waals surface area contributed by atoms with Crippen LogP contribution in [0.1, 0.15) is 52.9 Å². The second kappa shape index (κ2) is 6.23. The zero-order valence-corrected chi connectivity index (χ0v) is 12.5. The molecule has 0 radical (unpaired) electrons. The Hall–Kier alpha value is -0.610. The van der Waals surface area contributed by atoms with Gasteiger partial charge in [0.15, 0.2) is 0 Å². The van der Waals surface area contributed by atoms with E-state index in [0.717, 1.165) is 45.3 Å². The molecule has 4 heteroatoms. The largest absolute Gasteiger partial charge is 0.375 e. The molecule has 2 aliphatic heterocycles. The predicted molar refractivity (Wildman–Crippen MR) is 76.0 cm³/mol. The minimum Gasteiger partial charge on any atom is -0.375 e. The number of nitrogens with one attached hydrogen (secondary N) is 2. The topological polar surface area (TPSA) is 50.4 Å². The molecule has 1 amide bonds. The highest BCUT2D eigenvalue weighted by Crippen LogP contribution is 2.31. The average Bonchev–Trinajstić information content (AvgIpc) is 2.85. The Kier molecular flexibility index (Phi) is 4.85. The van der Waals surface area contributed by atoms with Crippen LogP contribution in [0.2, 0.25) is 0 Å². The fourth-order valence-corrected chi connectivity index (χ4v) is 3.37. The van der Waals surface area contributed by atoms with Crippen LogP contribution in [0.25, 0.3) is 0 Å².